The molecule has 0 aliphatic carbocycles. The van der Waals surface area contributed by atoms with E-state index in [0.717, 1.165) is 32.3 Å². The Bertz CT molecular complexity index is 439. The van der Waals surface area contributed by atoms with Crippen molar-refractivity contribution in [3.05, 3.63) is 0 Å². The van der Waals surface area contributed by atoms with E-state index in [0.29, 0.717) is 19.4 Å². The fourth-order valence-corrected chi connectivity index (χ4v) is 3.89. The van der Waals surface area contributed by atoms with E-state index in [-0.39, 0.29) is 12.7 Å². The van der Waals surface area contributed by atoms with Crippen molar-refractivity contribution in [2.75, 3.05) is 19.8 Å². The highest BCUT2D eigenvalue weighted by Gasteiger charge is 2.46. The van der Waals surface area contributed by atoms with E-state index in [1.807, 2.05) is 13.8 Å². The summed E-state index contributed by atoms with van der Waals surface area (Å²) < 4.78 is 16.4. The topological polar surface area (TPSA) is 61.8 Å². The zero-order valence-corrected chi connectivity index (χ0v) is 19.1. The molecular weight excluding hydrogens is 368 g/mol. The SMILES string of the molecule is CCCCCCCCCCCCOC(=O)C(CC)(CC)C(=O)OCC1CCCO1. The highest BCUT2D eigenvalue weighted by Crippen LogP contribution is 2.30. The average Bonchev–Trinajstić information content (AvgIpc) is 3.25. The van der Waals surface area contributed by atoms with Gasteiger partial charge in [-0.15, -0.1) is 0 Å². The molecule has 1 fully saturated rings. The van der Waals surface area contributed by atoms with Crippen molar-refractivity contribution in [2.24, 2.45) is 5.41 Å². The average molecular weight is 413 g/mol. The van der Waals surface area contributed by atoms with E-state index in [9.17, 15) is 9.59 Å². The van der Waals surface area contributed by atoms with Gasteiger partial charge in [0, 0.05) is 6.61 Å². The Kier molecular flexibility index (Phi) is 14.0. The molecule has 5 nitrogen and oxygen atoms in total. The number of ether oxygens (including phenoxy) is 3. The van der Waals surface area contributed by atoms with Gasteiger partial charge in [-0.3, -0.25) is 9.59 Å². The maximum Gasteiger partial charge on any atom is 0.323 e. The summed E-state index contributed by atoms with van der Waals surface area (Å²) in [4.78, 5) is 25.3. The van der Waals surface area contributed by atoms with Gasteiger partial charge >= 0.3 is 11.9 Å². The van der Waals surface area contributed by atoms with Gasteiger partial charge in [-0.1, -0.05) is 78.6 Å². The second kappa shape index (κ2) is 15.7. The number of esters is 2. The molecule has 170 valence electrons. The maximum absolute atomic E-state index is 12.7. The number of hydrogen-bond acceptors (Lipinski definition) is 5. The molecule has 0 aromatic carbocycles. The Hall–Kier alpha value is -1.10. The van der Waals surface area contributed by atoms with Crippen molar-refractivity contribution < 1.29 is 23.8 Å². The zero-order valence-electron chi connectivity index (χ0n) is 19.1. The minimum atomic E-state index is -1.18. The molecule has 29 heavy (non-hydrogen) atoms. The Labute approximate surface area is 178 Å². The van der Waals surface area contributed by atoms with E-state index >= 15 is 0 Å². The van der Waals surface area contributed by atoms with Crippen LogP contribution in [0.15, 0.2) is 0 Å². The predicted molar refractivity (Wildman–Crippen MR) is 116 cm³/mol. The summed E-state index contributed by atoms with van der Waals surface area (Å²) in [5.74, 6) is -0.901. The summed E-state index contributed by atoms with van der Waals surface area (Å²) in [5, 5.41) is 0. The summed E-state index contributed by atoms with van der Waals surface area (Å²) in [6.07, 6.45) is 15.0. The summed E-state index contributed by atoms with van der Waals surface area (Å²) in [7, 11) is 0. The first kappa shape index (κ1) is 25.9. The van der Waals surface area contributed by atoms with Crippen molar-refractivity contribution in [3.8, 4) is 0 Å². The number of carbonyl (C=O) groups is 2. The lowest BCUT2D eigenvalue weighted by atomic mass is 9.82. The molecule has 0 amide bonds. The van der Waals surface area contributed by atoms with E-state index in [2.05, 4.69) is 6.92 Å². The summed E-state index contributed by atoms with van der Waals surface area (Å²) in [6, 6.07) is 0. The van der Waals surface area contributed by atoms with Crippen LogP contribution in [-0.4, -0.2) is 37.9 Å². The minimum Gasteiger partial charge on any atom is -0.465 e. The number of carbonyl (C=O) groups excluding carboxylic acids is 2. The van der Waals surface area contributed by atoms with Crippen molar-refractivity contribution >= 4 is 11.9 Å². The molecule has 1 heterocycles. The highest BCUT2D eigenvalue weighted by molar-refractivity contribution is 6.00. The third kappa shape index (κ3) is 9.50. The third-order valence-electron chi connectivity index (χ3n) is 6.14. The maximum atomic E-state index is 12.7. The Balaban J connectivity index is 2.21. The lowest BCUT2D eigenvalue weighted by Gasteiger charge is -2.27. The van der Waals surface area contributed by atoms with Gasteiger partial charge < -0.3 is 14.2 Å². The van der Waals surface area contributed by atoms with E-state index in [1.165, 1.54) is 51.4 Å². The van der Waals surface area contributed by atoms with Crippen LogP contribution in [0.25, 0.3) is 0 Å². The van der Waals surface area contributed by atoms with Gasteiger partial charge in [-0.2, -0.15) is 0 Å². The highest BCUT2D eigenvalue weighted by atomic mass is 16.6. The fourth-order valence-electron chi connectivity index (χ4n) is 3.89. The first-order valence-electron chi connectivity index (χ1n) is 12.1. The second-order valence-corrected chi connectivity index (χ2v) is 8.34. The van der Waals surface area contributed by atoms with Crippen LogP contribution in [0, 0.1) is 5.41 Å². The number of hydrogen-bond donors (Lipinski definition) is 0. The van der Waals surface area contributed by atoms with Crippen LogP contribution in [0.1, 0.15) is 111 Å². The smallest absolute Gasteiger partial charge is 0.323 e. The monoisotopic (exact) mass is 412 g/mol. The molecule has 0 spiro atoms. The van der Waals surface area contributed by atoms with Crippen LogP contribution < -0.4 is 0 Å². The van der Waals surface area contributed by atoms with E-state index in [4.69, 9.17) is 14.2 Å². The zero-order chi connectivity index (χ0) is 21.4. The van der Waals surface area contributed by atoms with Crippen molar-refractivity contribution in [3.63, 3.8) is 0 Å². The van der Waals surface area contributed by atoms with Gasteiger partial charge in [0.1, 0.15) is 6.61 Å². The summed E-state index contributed by atoms with van der Waals surface area (Å²) >= 11 is 0. The molecule has 1 aliphatic rings. The quantitative estimate of drug-likeness (QED) is 0.167. The molecule has 1 unspecified atom stereocenters. The van der Waals surface area contributed by atoms with Crippen LogP contribution in [0.5, 0.6) is 0 Å². The Morgan fingerprint density at radius 3 is 1.90 bits per heavy atom. The minimum absolute atomic E-state index is 0.0342. The van der Waals surface area contributed by atoms with Crippen LogP contribution in [0.4, 0.5) is 0 Å². The molecule has 0 aromatic heterocycles. The fraction of sp³-hybridized carbons (Fsp3) is 0.917. The third-order valence-corrected chi connectivity index (χ3v) is 6.14. The molecule has 1 aliphatic heterocycles. The first-order chi connectivity index (χ1) is 14.1. The predicted octanol–water partition coefficient (Wildman–Crippen LogP) is 5.98. The number of rotatable bonds is 17. The molecular formula is C24H44O5. The van der Waals surface area contributed by atoms with Crippen molar-refractivity contribution in [1.29, 1.82) is 0 Å². The van der Waals surface area contributed by atoms with Gasteiger partial charge in [0.05, 0.1) is 12.7 Å². The van der Waals surface area contributed by atoms with Crippen molar-refractivity contribution in [2.45, 2.75) is 117 Å². The first-order valence-corrected chi connectivity index (χ1v) is 12.1. The summed E-state index contributed by atoms with van der Waals surface area (Å²) in [6.45, 7) is 7.27. The van der Waals surface area contributed by atoms with Gasteiger partial charge in [-0.25, -0.2) is 0 Å². The van der Waals surface area contributed by atoms with Gasteiger partial charge in [0.15, 0.2) is 5.41 Å². The van der Waals surface area contributed by atoms with Gasteiger partial charge in [0.2, 0.25) is 0 Å². The molecule has 0 radical (unpaired) electrons. The van der Waals surface area contributed by atoms with Crippen LogP contribution in [0.2, 0.25) is 0 Å². The largest absolute Gasteiger partial charge is 0.465 e. The molecule has 0 saturated carbocycles. The standard InChI is InChI=1S/C24H44O5/c1-4-7-8-9-10-11-12-13-14-15-18-28-22(25)24(5-2,6-3)23(26)29-20-21-17-16-19-27-21/h21H,4-20H2,1-3H3. The van der Waals surface area contributed by atoms with Crippen LogP contribution in [-0.2, 0) is 23.8 Å². The lowest BCUT2D eigenvalue weighted by Crippen LogP contribution is -2.42. The molecule has 1 rings (SSSR count). The Morgan fingerprint density at radius 2 is 1.38 bits per heavy atom. The van der Waals surface area contributed by atoms with Crippen LogP contribution >= 0.6 is 0 Å². The van der Waals surface area contributed by atoms with Gasteiger partial charge in [-0.05, 0) is 32.1 Å². The Morgan fingerprint density at radius 1 is 0.828 bits per heavy atom. The number of unbranched alkanes of at least 4 members (excludes halogenated alkanes) is 9. The molecule has 1 saturated heterocycles. The van der Waals surface area contributed by atoms with E-state index in [1.54, 1.807) is 0 Å². The molecule has 0 N–H and O–H groups in total. The van der Waals surface area contributed by atoms with Crippen LogP contribution in [0.3, 0.4) is 0 Å². The molecule has 1 atom stereocenters. The molecule has 5 heteroatoms. The van der Waals surface area contributed by atoms with Crippen molar-refractivity contribution in [1.82, 2.24) is 0 Å². The molecule has 0 bridgehead atoms. The second-order valence-electron chi connectivity index (χ2n) is 8.34. The summed E-state index contributed by atoms with van der Waals surface area (Å²) in [5.41, 5.74) is -1.18. The molecule has 0 aromatic rings. The lowest BCUT2D eigenvalue weighted by molar-refractivity contribution is -0.175. The van der Waals surface area contributed by atoms with E-state index < -0.39 is 17.4 Å². The van der Waals surface area contributed by atoms with Gasteiger partial charge in [0.25, 0.3) is 0 Å². The normalized spacial score (nSPS) is 16.7.